The van der Waals surface area contributed by atoms with Gasteiger partial charge in [0.25, 0.3) is 0 Å². The average Bonchev–Trinajstić information content (AvgIpc) is 3.03. The minimum atomic E-state index is 0.569. The molecule has 20 heavy (non-hydrogen) atoms. The van der Waals surface area contributed by atoms with Crippen LogP contribution < -0.4 is 10.2 Å². The second-order valence-electron chi connectivity index (χ2n) is 6.09. The van der Waals surface area contributed by atoms with Gasteiger partial charge in [0.1, 0.15) is 0 Å². The highest BCUT2D eigenvalue weighted by Gasteiger charge is 2.22. The van der Waals surface area contributed by atoms with Crippen LogP contribution in [0.3, 0.4) is 0 Å². The number of nitrogens with zero attached hydrogens (tertiary/aromatic N) is 1. The molecule has 0 spiro atoms. The molecule has 1 aliphatic carbocycles. The maximum Gasteiger partial charge on any atom is 0.0642 e. The first-order chi connectivity index (χ1) is 9.84. The first kappa shape index (κ1) is 13.7. The number of hydrogen-bond donors (Lipinski definition) is 1. The highest BCUT2D eigenvalue weighted by atomic mass is 16.5. The Hall–Kier alpha value is -1.22. The lowest BCUT2D eigenvalue weighted by atomic mass is 9.99. The molecule has 1 heterocycles. The first-order valence-electron chi connectivity index (χ1n) is 8.03. The second-order valence-corrected chi connectivity index (χ2v) is 6.09. The van der Waals surface area contributed by atoms with Gasteiger partial charge in [-0.2, -0.15) is 0 Å². The predicted octanol–water partition coefficient (Wildman–Crippen LogP) is 3.51. The molecule has 1 aliphatic heterocycles. The molecule has 0 aromatic heterocycles. The van der Waals surface area contributed by atoms with E-state index in [-0.39, 0.29) is 0 Å². The maximum atomic E-state index is 5.46. The summed E-state index contributed by atoms with van der Waals surface area (Å²) in [6.45, 7) is 6.01. The molecule has 2 aliphatic rings. The highest BCUT2D eigenvalue weighted by molar-refractivity contribution is 5.70. The van der Waals surface area contributed by atoms with Gasteiger partial charge in [-0.3, -0.25) is 0 Å². The number of anilines is 2. The molecule has 110 valence electrons. The van der Waals surface area contributed by atoms with E-state index in [0.717, 1.165) is 32.2 Å². The normalized spacial score (nSPS) is 21.9. The molecule has 3 nitrogen and oxygen atoms in total. The van der Waals surface area contributed by atoms with E-state index in [1.807, 2.05) is 0 Å². The Morgan fingerprint density at radius 3 is 2.60 bits per heavy atom. The van der Waals surface area contributed by atoms with Crippen molar-refractivity contribution in [1.29, 1.82) is 0 Å². The smallest absolute Gasteiger partial charge is 0.0642 e. The van der Waals surface area contributed by atoms with Crippen molar-refractivity contribution in [2.75, 3.05) is 36.5 Å². The molecule has 0 bridgehead atoms. The third-order valence-electron chi connectivity index (χ3n) is 4.75. The van der Waals surface area contributed by atoms with Gasteiger partial charge in [-0.1, -0.05) is 25.0 Å². The minimum absolute atomic E-state index is 0.569. The Morgan fingerprint density at radius 2 is 1.85 bits per heavy atom. The van der Waals surface area contributed by atoms with Gasteiger partial charge in [-0.25, -0.2) is 0 Å². The van der Waals surface area contributed by atoms with Crippen molar-refractivity contribution in [1.82, 2.24) is 0 Å². The number of hydrogen-bond acceptors (Lipinski definition) is 3. The molecule has 3 rings (SSSR count). The molecule has 2 fully saturated rings. The lowest BCUT2D eigenvalue weighted by Crippen LogP contribution is -2.37. The summed E-state index contributed by atoms with van der Waals surface area (Å²) in [6, 6.07) is 9.29. The Kier molecular flexibility index (Phi) is 4.46. The number of benzene rings is 1. The molecule has 3 heteroatoms. The van der Waals surface area contributed by atoms with Crippen LogP contribution in [-0.4, -0.2) is 32.3 Å². The summed E-state index contributed by atoms with van der Waals surface area (Å²) < 4.78 is 5.46. The molecule has 1 unspecified atom stereocenters. The zero-order valence-electron chi connectivity index (χ0n) is 12.5. The Bertz CT molecular complexity index is 423. The van der Waals surface area contributed by atoms with E-state index in [9.17, 15) is 0 Å². The molecule has 1 aromatic rings. The van der Waals surface area contributed by atoms with E-state index in [4.69, 9.17) is 4.74 Å². The van der Waals surface area contributed by atoms with Crippen LogP contribution in [-0.2, 0) is 4.74 Å². The fourth-order valence-corrected chi connectivity index (χ4v) is 3.50. The highest BCUT2D eigenvalue weighted by Crippen LogP contribution is 2.32. The third kappa shape index (κ3) is 3.09. The van der Waals surface area contributed by atoms with Gasteiger partial charge in [0, 0.05) is 19.1 Å². The summed E-state index contributed by atoms with van der Waals surface area (Å²) in [5, 5.41) is 3.77. The van der Waals surface area contributed by atoms with Crippen molar-refractivity contribution in [3.8, 4) is 0 Å². The molecule has 1 atom stereocenters. The van der Waals surface area contributed by atoms with Gasteiger partial charge in [0.05, 0.1) is 24.6 Å². The van der Waals surface area contributed by atoms with Crippen molar-refractivity contribution in [2.45, 2.75) is 38.6 Å². The zero-order valence-corrected chi connectivity index (χ0v) is 12.5. The summed E-state index contributed by atoms with van der Waals surface area (Å²) in [7, 11) is 0. The Balaban J connectivity index is 1.71. The van der Waals surface area contributed by atoms with E-state index in [2.05, 4.69) is 41.4 Å². The van der Waals surface area contributed by atoms with Crippen molar-refractivity contribution in [2.24, 2.45) is 5.92 Å². The van der Waals surface area contributed by atoms with E-state index >= 15 is 0 Å². The van der Waals surface area contributed by atoms with Crippen molar-refractivity contribution < 1.29 is 4.74 Å². The summed E-state index contributed by atoms with van der Waals surface area (Å²) >= 11 is 0. The molecule has 1 N–H and O–H groups in total. The molecule has 0 amide bonds. The van der Waals surface area contributed by atoms with Crippen LogP contribution in [0.15, 0.2) is 24.3 Å². The van der Waals surface area contributed by atoms with Crippen LogP contribution in [0.1, 0.15) is 32.6 Å². The minimum Gasteiger partial charge on any atom is -0.381 e. The van der Waals surface area contributed by atoms with Crippen molar-refractivity contribution in [3.05, 3.63) is 24.3 Å². The quantitative estimate of drug-likeness (QED) is 0.909. The first-order valence-corrected chi connectivity index (χ1v) is 8.03. The number of ether oxygens (including phenoxy) is 1. The standard InChI is InChI=1S/C17H26N2O/c1-14(15-6-2-3-7-15)18-16-8-4-5-9-17(16)19-10-12-20-13-11-19/h4-5,8-9,14-15,18H,2-3,6-7,10-13H2,1H3. The van der Waals surface area contributed by atoms with Crippen LogP contribution in [0.4, 0.5) is 11.4 Å². The van der Waals surface area contributed by atoms with Gasteiger partial charge >= 0.3 is 0 Å². The van der Waals surface area contributed by atoms with Gasteiger partial charge in [0.2, 0.25) is 0 Å². The summed E-state index contributed by atoms with van der Waals surface area (Å²) in [4.78, 5) is 2.44. The lowest BCUT2D eigenvalue weighted by molar-refractivity contribution is 0.123. The molecule has 0 radical (unpaired) electrons. The van der Waals surface area contributed by atoms with Crippen LogP contribution in [0.25, 0.3) is 0 Å². The number of morpholine rings is 1. The summed E-state index contributed by atoms with van der Waals surface area (Å²) in [6.07, 6.45) is 5.57. The second kappa shape index (κ2) is 6.49. The zero-order chi connectivity index (χ0) is 13.8. The Morgan fingerprint density at radius 1 is 1.15 bits per heavy atom. The van der Waals surface area contributed by atoms with Crippen molar-refractivity contribution in [3.63, 3.8) is 0 Å². The van der Waals surface area contributed by atoms with Gasteiger partial charge < -0.3 is 15.0 Å². The maximum absolute atomic E-state index is 5.46. The molecule has 1 aromatic carbocycles. The topological polar surface area (TPSA) is 24.5 Å². The van der Waals surface area contributed by atoms with Crippen LogP contribution in [0.5, 0.6) is 0 Å². The lowest BCUT2D eigenvalue weighted by Gasteiger charge is -2.32. The molecular formula is C17H26N2O. The van der Waals surface area contributed by atoms with Crippen molar-refractivity contribution >= 4 is 11.4 Å². The number of nitrogens with one attached hydrogen (secondary N) is 1. The van der Waals surface area contributed by atoms with Crippen LogP contribution >= 0.6 is 0 Å². The molecule has 1 saturated carbocycles. The number of para-hydroxylation sites is 2. The van der Waals surface area contributed by atoms with Gasteiger partial charge in [0.15, 0.2) is 0 Å². The average molecular weight is 274 g/mol. The van der Waals surface area contributed by atoms with E-state index in [0.29, 0.717) is 6.04 Å². The van der Waals surface area contributed by atoms with Crippen LogP contribution in [0, 0.1) is 5.92 Å². The fraction of sp³-hybridized carbons (Fsp3) is 0.647. The SMILES string of the molecule is CC(Nc1ccccc1N1CCOCC1)C1CCCC1. The van der Waals surface area contributed by atoms with Gasteiger partial charge in [-0.15, -0.1) is 0 Å². The molecular weight excluding hydrogens is 248 g/mol. The summed E-state index contributed by atoms with van der Waals surface area (Å²) in [5.41, 5.74) is 2.62. The van der Waals surface area contributed by atoms with Gasteiger partial charge in [-0.05, 0) is 37.8 Å². The third-order valence-corrected chi connectivity index (χ3v) is 4.75. The Labute approximate surface area is 122 Å². The van der Waals surface area contributed by atoms with E-state index < -0.39 is 0 Å². The van der Waals surface area contributed by atoms with E-state index in [1.54, 1.807) is 0 Å². The summed E-state index contributed by atoms with van der Waals surface area (Å²) in [5.74, 6) is 0.841. The van der Waals surface area contributed by atoms with E-state index in [1.165, 1.54) is 37.1 Å². The fourth-order valence-electron chi connectivity index (χ4n) is 3.50. The molecule has 1 saturated heterocycles. The predicted molar refractivity (Wildman–Crippen MR) is 84.5 cm³/mol. The van der Waals surface area contributed by atoms with Crippen LogP contribution in [0.2, 0.25) is 0 Å². The largest absolute Gasteiger partial charge is 0.381 e. The number of rotatable bonds is 4. The monoisotopic (exact) mass is 274 g/mol.